The van der Waals surface area contributed by atoms with Crippen molar-refractivity contribution in [2.75, 3.05) is 6.54 Å². The molecule has 0 aromatic heterocycles. The molecule has 2 N–H and O–H groups in total. The van der Waals surface area contributed by atoms with Crippen LogP contribution >= 0.6 is 0 Å². The van der Waals surface area contributed by atoms with Crippen LogP contribution in [0.2, 0.25) is 0 Å². The van der Waals surface area contributed by atoms with Crippen molar-refractivity contribution in [1.29, 1.82) is 0 Å². The molecule has 0 saturated heterocycles. The second kappa shape index (κ2) is 4.42. The van der Waals surface area contributed by atoms with Crippen LogP contribution in [-0.2, 0) is 4.79 Å². The lowest BCUT2D eigenvalue weighted by Gasteiger charge is -2.00. The minimum Gasteiger partial charge on any atom is -0.478 e. The number of hydrogen-bond donors (Lipinski definition) is 2. The van der Waals surface area contributed by atoms with Gasteiger partial charge in [-0.05, 0) is 18.8 Å². The van der Waals surface area contributed by atoms with Crippen molar-refractivity contribution in [3.63, 3.8) is 0 Å². The first-order valence-corrected chi connectivity index (χ1v) is 4.80. The van der Waals surface area contributed by atoms with Gasteiger partial charge in [0.2, 0.25) is 0 Å². The molecule has 3 nitrogen and oxygen atoms in total. The van der Waals surface area contributed by atoms with Gasteiger partial charge in [0.1, 0.15) is 0 Å². The first-order valence-electron chi connectivity index (χ1n) is 4.80. The molecule has 1 aliphatic carbocycles. The topological polar surface area (TPSA) is 49.3 Å². The number of carboxylic acid groups (broad SMARTS) is 1. The van der Waals surface area contributed by atoms with Gasteiger partial charge in [-0.25, -0.2) is 4.79 Å². The van der Waals surface area contributed by atoms with Crippen molar-refractivity contribution in [3.8, 4) is 0 Å². The van der Waals surface area contributed by atoms with E-state index in [0.717, 1.165) is 5.92 Å². The summed E-state index contributed by atoms with van der Waals surface area (Å²) in [6, 6.07) is 0.614. The third kappa shape index (κ3) is 3.19. The maximum Gasteiger partial charge on any atom is 0.331 e. The van der Waals surface area contributed by atoms with Crippen LogP contribution in [0.1, 0.15) is 26.7 Å². The van der Waals surface area contributed by atoms with Crippen LogP contribution in [0.3, 0.4) is 0 Å². The average Bonchev–Trinajstić information content (AvgIpc) is 2.75. The predicted molar refractivity (Wildman–Crippen MR) is 51.6 cm³/mol. The molecule has 2 unspecified atom stereocenters. The Kier molecular flexibility index (Phi) is 3.48. The molecule has 0 aromatic rings. The van der Waals surface area contributed by atoms with Gasteiger partial charge in [0.15, 0.2) is 0 Å². The molecule has 1 fully saturated rings. The van der Waals surface area contributed by atoms with E-state index in [9.17, 15) is 4.79 Å². The minimum absolute atomic E-state index is 0.501. The highest BCUT2D eigenvalue weighted by atomic mass is 16.4. The molecule has 1 rings (SSSR count). The van der Waals surface area contributed by atoms with E-state index in [1.807, 2.05) is 6.92 Å². The maximum absolute atomic E-state index is 10.6. The Hall–Kier alpha value is -0.830. The van der Waals surface area contributed by atoms with Crippen molar-refractivity contribution in [3.05, 3.63) is 11.6 Å². The van der Waals surface area contributed by atoms with E-state index in [-0.39, 0.29) is 0 Å². The zero-order valence-electron chi connectivity index (χ0n) is 8.21. The van der Waals surface area contributed by atoms with E-state index in [1.54, 1.807) is 6.08 Å². The standard InChI is InChI=1S/C10H17NO2/c1-3-8(10(12)13)4-5-11-9-6-7(9)2/h4,7,9,11H,3,5-6H2,1-2H3,(H,12,13). The van der Waals surface area contributed by atoms with E-state index < -0.39 is 5.97 Å². The normalized spacial score (nSPS) is 27.4. The predicted octanol–water partition coefficient (Wildman–Crippen LogP) is 1.41. The Labute approximate surface area is 78.8 Å². The minimum atomic E-state index is -0.798. The van der Waals surface area contributed by atoms with Gasteiger partial charge in [-0.2, -0.15) is 0 Å². The summed E-state index contributed by atoms with van der Waals surface area (Å²) in [5.74, 6) is -0.0311. The van der Waals surface area contributed by atoms with Gasteiger partial charge < -0.3 is 10.4 Å². The van der Waals surface area contributed by atoms with Crippen LogP contribution < -0.4 is 5.32 Å². The number of hydrogen-bond acceptors (Lipinski definition) is 2. The van der Waals surface area contributed by atoms with Crippen molar-refractivity contribution in [2.45, 2.75) is 32.7 Å². The smallest absolute Gasteiger partial charge is 0.331 e. The largest absolute Gasteiger partial charge is 0.478 e. The molecule has 1 saturated carbocycles. The Balaban J connectivity index is 2.24. The van der Waals surface area contributed by atoms with Crippen molar-refractivity contribution < 1.29 is 9.90 Å². The summed E-state index contributed by atoms with van der Waals surface area (Å²) >= 11 is 0. The molecule has 1 aliphatic rings. The highest BCUT2D eigenvalue weighted by molar-refractivity contribution is 5.86. The Morgan fingerprint density at radius 2 is 2.31 bits per heavy atom. The number of carbonyl (C=O) groups is 1. The zero-order chi connectivity index (χ0) is 9.84. The van der Waals surface area contributed by atoms with Gasteiger partial charge in [0, 0.05) is 18.2 Å². The van der Waals surface area contributed by atoms with Gasteiger partial charge in [-0.1, -0.05) is 19.9 Å². The molecular formula is C10H17NO2. The number of nitrogens with one attached hydrogen (secondary N) is 1. The first kappa shape index (κ1) is 10.3. The van der Waals surface area contributed by atoms with E-state index in [4.69, 9.17) is 5.11 Å². The van der Waals surface area contributed by atoms with E-state index in [1.165, 1.54) is 6.42 Å². The molecule has 0 aromatic carbocycles. The highest BCUT2D eigenvalue weighted by Gasteiger charge is 2.31. The van der Waals surface area contributed by atoms with Crippen LogP contribution in [0.15, 0.2) is 11.6 Å². The maximum atomic E-state index is 10.6. The van der Waals surface area contributed by atoms with Crippen molar-refractivity contribution in [2.24, 2.45) is 5.92 Å². The molecule has 0 bridgehead atoms. The third-order valence-corrected chi connectivity index (χ3v) is 2.49. The SMILES string of the molecule is CCC(=CCNC1CC1C)C(=O)O. The van der Waals surface area contributed by atoms with Crippen LogP contribution in [0, 0.1) is 5.92 Å². The van der Waals surface area contributed by atoms with Crippen molar-refractivity contribution in [1.82, 2.24) is 5.32 Å². The lowest BCUT2D eigenvalue weighted by molar-refractivity contribution is -0.132. The summed E-state index contributed by atoms with van der Waals surface area (Å²) < 4.78 is 0. The second-order valence-corrected chi connectivity index (χ2v) is 3.62. The molecule has 74 valence electrons. The second-order valence-electron chi connectivity index (χ2n) is 3.62. The van der Waals surface area contributed by atoms with Crippen LogP contribution in [0.5, 0.6) is 0 Å². The fourth-order valence-electron chi connectivity index (χ4n) is 1.32. The third-order valence-electron chi connectivity index (χ3n) is 2.49. The molecule has 2 atom stereocenters. The van der Waals surface area contributed by atoms with Crippen LogP contribution in [0.4, 0.5) is 0 Å². The van der Waals surface area contributed by atoms with Crippen LogP contribution in [-0.4, -0.2) is 23.7 Å². The molecule has 0 spiro atoms. The lowest BCUT2D eigenvalue weighted by Crippen LogP contribution is -2.18. The summed E-state index contributed by atoms with van der Waals surface area (Å²) in [7, 11) is 0. The molecule has 0 amide bonds. The zero-order valence-corrected chi connectivity index (χ0v) is 8.21. The summed E-state index contributed by atoms with van der Waals surface area (Å²) in [5, 5.41) is 12.0. The summed E-state index contributed by atoms with van der Waals surface area (Å²) in [4.78, 5) is 10.6. The van der Waals surface area contributed by atoms with Gasteiger partial charge >= 0.3 is 5.97 Å². The fourth-order valence-corrected chi connectivity index (χ4v) is 1.32. The average molecular weight is 183 g/mol. The molecule has 0 radical (unpaired) electrons. The lowest BCUT2D eigenvalue weighted by atomic mass is 10.2. The van der Waals surface area contributed by atoms with Crippen molar-refractivity contribution >= 4 is 5.97 Å². The number of rotatable bonds is 5. The molecular weight excluding hydrogens is 166 g/mol. The summed E-state index contributed by atoms with van der Waals surface area (Å²) in [6.07, 6.45) is 3.59. The number of aliphatic carboxylic acids is 1. The monoisotopic (exact) mass is 183 g/mol. The summed E-state index contributed by atoms with van der Waals surface area (Å²) in [5.41, 5.74) is 0.501. The molecule has 0 heterocycles. The van der Waals surface area contributed by atoms with Gasteiger partial charge in [-0.3, -0.25) is 0 Å². The molecule has 0 aliphatic heterocycles. The van der Waals surface area contributed by atoms with E-state index in [2.05, 4.69) is 12.2 Å². The fraction of sp³-hybridized carbons (Fsp3) is 0.700. The first-order chi connectivity index (χ1) is 6.15. The van der Waals surface area contributed by atoms with E-state index in [0.29, 0.717) is 24.6 Å². The molecule has 13 heavy (non-hydrogen) atoms. The summed E-state index contributed by atoms with van der Waals surface area (Å²) in [6.45, 7) is 4.74. The van der Waals surface area contributed by atoms with Crippen LogP contribution in [0.25, 0.3) is 0 Å². The van der Waals surface area contributed by atoms with E-state index >= 15 is 0 Å². The Bertz CT molecular complexity index is 223. The van der Waals surface area contributed by atoms with Gasteiger partial charge in [-0.15, -0.1) is 0 Å². The Morgan fingerprint density at radius 1 is 1.69 bits per heavy atom. The number of carboxylic acids is 1. The molecule has 3 heteroatoms. The quantitative estimate of drug-likeness (QED) is 0.633. The Morgan fingerprint density at radius 3 is 2.69 bits per heavy atom. The van der Waals surface area contributed by atoms with Gasteiger partial charge in [0.05, 0.1) is 0 Å². The highest BCUT2D eigenvalue weighted by Crippen LogP contribution is 2.28. The van der Waals surface area contributed by atoms with Gasteiger partial charge in [0.25, 0.3) is 0 Å².